The maximum atomic E-state index is 13.7. The molecule has 12 heteroatoms. The molecule has 41 heavy (non-hydrogen) atoms. The standard InChI is InChI=1S/C29H37Cl2N3O6S/c1-3-25(29(36)32-22-7-4-5-8-22)33(19-20-10-11-21(30)17-24(20)31)28(35)9-6-14-34(41(2,37)38)23-12-13-26-27(18-23)40-16-15-39-26/h10-13,17-18,22,25H,3-9,14-16,19H2,1-2H3,(H,32,36)/t25-/m1/s1. The van der Waals surface area contributed by atoms with E-state index in [2.05, 4.69) is 5.32 Å². The molecule has 9 nitrogen and oxygen atoms in total. The first-order valence-electron chi connectivity index (χ1n) is 14.0. The number of nitrogens with one attached hydrogen (secondary N) is 1. The Labute approximate surface area is 252 Å². The number of anilines is 1. The molecule has 0 saturated heterocycles. The number of carbonyl (C=O) groups excluding carboxylic acids is 2. The molecule has 2 aromatic rings. The highest BCUT2D eigenvalue weighted by molar-refractivity contribution is 7.92. The number of amides is 2. The fourth-order valence-corrected chi connectivity index (χ4v) is 6.74. The number of rotatable bonds is 12. The van der Waals surface area contributed by atoms with Gasteiger partial charge in [-0.15, -0.1) is 0 Å². The topological polar surface area (TPSA) is 105 Å². The minimum Gasteiger partial charge on any atom is -0.486 e. The third-order valence-corrected chi connectivity index (χ3v) is 9.19. The number of ether oxygens (including phenoxy) is 2. The number of halogens is 2. The summed E-state index contributed by atoms with van der Waals surface area (Å²) >= 11 is 12.5. The molecule has 0 radical (unpaired) electrons. The van der Waals surface area contributed by atoms with Gasteiger partial charge in [-0.05, 0) is 55.5 Å². The lowest BCUT2D eigenvalue weighted by molar-refractivity contribution is -0.141. The molecule has 1 atom stereocenters. The van der Waals surface area contributed by atoms with Gasteiger partial charge in [0.25, 0.3) is 0 Å². The monoisotopic (exact) mass is 625 g/mol. The van der Waals surface area contributed by atoms with Crippen molar-refractivity contribution in [3.8, 4) is 11.5 Å². The summed E-state index contributed by atoms with van der Waals surface area (Å²) in [5.41, 5.74) is 1.10. The van der Waals surface area contributed by atoms with Crippen LogP contribution in [-0.2, 0) is 26.2 Å². The van der Waals surface area contributed by atoms with E-state index in [9.17, 15) is 18.0 Å². The van der Waals surface area contributed by atoms with Crippen LogP contribution in [0.5, 0.6) is 11.5 Å². The van der Waals surface area contributed by atoms with Crippen molar-refractivity contribution in [3.05, 3.63) is 52.0 Å². The predicted octanol–water partition coefficient (Wildman–Crippen LogP) is 5.18. The second kappa shape index (κ2) is 14.0. The van der Waals surface area contributed by atoms with Crippen molar-refractivity contribution in [2.45, 2.75) is 70.5 Å². The lowest BCUT2D eigenvalue weighted by Crippen LogP contribution is -2.51. The number of benzene rings is 2. The summed E-state index contributed by atoms with van der Waals surface area (Å²) in [6.07, 6.45) is 5.83. The van der Waals surface area contributed by atoms with Gasteiger partial charge in [-0.2, -0.15) is 0 Å². The van der Waals surface area contributed by atoms with Crippen LogP contribution in [-0.4, -0.2) is 63.2 Å². The number of hydrogen-bond acceptors (Lipinski definition) is 6. The van der Waals surface area contributed by atoms with E-state index in [1.54, 1.807) is 41.3 Å². The van der Waals surface area contributed by atoms with Gasteiger partial charge in [0.05, 0.1) is 11.9 Å². The molecular formula is C29H37Cl2N3O6S. The van der Waals surface area contributed by atoms with Gasteiger partial charge in [0.2, 0.25) is 21.8 Å². The Morgan fingerprint density at radius 2 is 1.76 bits per heavy atom. The van der Waals surface area contributed by atoms with Crippen molar-refractivity contribution in [1.82, 2.24) is 10.2 Å². The minimum atomic E-state index is -3.65. The van der Waals surface area contributed by atoms with Gasteiger partial charge in [-0.1, -0.05) is 49.0 Å². The summed E-state index contributed by atoms with van der Waals surface area (Å²) in [5, 5.41) is 4.00. The van der Waals surface area contributed by atoms with Crippen LogP contribution in [0.15, 0.2) is 36.4 Å². The average molecular weight is 627 g/mol. The summed E-state index contributed by atoms with van der Waals surface area (Å²) in [6.45, 7) is 2.88. The molecule has 4 rings (SSSR count). The van der Waals surface area contributed by atoms with E-state index in [1.165, 1.54) is 4.31 Å². The maximum absolute atomic E-state index is 13.7. The fraction of sp³-hybridized carbons (Fsp3) is 0.517. The van der Waals surface area contributed by atoms with Gasteiger partial charge in [-0.3, -0.25) is 13.9 Å². The summed E-state index contributed by atoms with van der Waals surface area (Å²) in [6, 6.07) is 9.44. The van der Waals surface area contributed by atoms with E-state index in [0.29, 0.717) is 52.4 Å². The van der Waals surface area contributed by atoms with Crippen molar-refractivity contribution in [1.29, 1.82) is 0 Å². The molecular weight excluding hydrogens is 589 g/mol. The Morgan fingerprint density at radius 1 is 1.05 bits per heavy atom. The lowest BCUT2D eigenvalue weighted by atomic mass is 10.1. The number of hydrogen-bond donors (Lipinski definition) is 1. The second-order valence-corrected chi connectivity index (χ2v) is 13.2. The highest BCUT2D eigenvalue weighted by Crippen LogP contribution is 2.35. The molecule has 224 valence electrons. The molecule has 0 unspecified atom stereocenters. The first-order chi connectivity index (χ1) is 19.6. The molecule has 1 aliphatic heterocycles. The Bertz CT molecular complexity index is 1350. The molecule has 0 aromatic heterocycles. The molecule has 0 bridgehead atoms. The summed E-state index contributed by atoms with van der Waals surface area (Å²) in [7, 11) is -3.65. The lowest BCUT2D eigenvalue weighted by Gasteiger charge is -2.32. The Kier molecular flexibility index (Phi) is 10.7. The van der Waals surface area contributed by atoms with Gasteiger partial charge in [-0.25, -0.2) is 8.42 Å². The zero-order valence-corrected chi connectivity index (χ0v) is 25.7. The van der Waals surface area contributed by atoms with Crippen LogP contribution in [0.4, 0.5) is 5.69 Å². The van der Waals surface area contributed by atoms with Gasteiger partial charge < -0.3 is 19.7 Å². The smallest absolute Gasteiger partial charge is 0.243 e. The van der Waals surface area contributed by atoms with Gasteiger partial charge >= 0.3 is 0 Å². The summed E-state index contributed by atoms with van der Waals surface area (Å²) < 4.78 is 37.8. The molecule has 1 heterocycles. The molecule has 2 aromatic carbocycles. The first kappa shape index (κ1) is 31.3. The molecule has 1 aliphatic carbocycles. The van der Waals surface area contributed by atoms with Crippen LogP contribution >= 0.6 is 23.2 Å². The number of fused-ring (bicyclic) bond motifs is 1. The largest absolute Gasteiger partial charge is 0.486 e. The summed E-state index contributed by atoms with van der Waals surface area (Å²) in [5.74, 6) is 0.581. The minimum absolute atomic E-state index is 0.0367. The first-order valence-corrected chi connectivity index (χ1v) is 16.6. The third-order valence-electron chi connectivity index (χ3n) is 7.41. The van der Waals surface area contributed by atoms with Crippen LogP contribution in [0.1, 0.15) is 57.4 Å². The van der Waals surface area contributed by atoms with Crippen molar-refractivity contribution in [3.63, 3.8) is 0 Å². The Morgan fingerprint density at radius 3 is 2.41 bits per heavy atom. The number of carbonyl (C=O) groups is 2. The van der Waals surface area contributed by atoms with Gasteiger partial charge in [0.15, 0.2) is 11.5 Å². The third kappa shape index (κ3) is 8.20. The average Bonchev–Trinajstić information content (AvgIpc) is 3.44. The van der Waals surface area contributed by atoms with E-state index in [1.807, 2.05) is 6.92 Å². The Hall–Kier alpha value is -2.69. The van der Waals surface area contributed by atoms with Gasteiger partial charge in [0.1, 0.15) is 19.3 Å². The Balaban J connectivity index is 1.50. The molecule has 1 fully saturated rings. The van der Waals surface area contributed by atoms with Crippen molar-refractivity contribution in [2.24, 2.45) is 0 Å². The van der Waals surface area contributed by atoms with Crippen LogP contribution in [0.3, 0.4) is 0 Å². The van der Waals surface area contributed by atoms with Crippen LogP contribution in [0, 0.1) is 0 Å². The van der Waals surface area contributed by atoms with E-state index in [0.717, 1.165) is 31.9 Å². The maximum Gasteiger partial charge on any atom is 0.243 e. The molecule has 0 spiro atoms. The molecule has 2 aliphatic rings. The van der Waals surface area contributed by atoms with E-state index < -0.39 is 16.1 Å². The molecule has 1 N–H and O–H groups in total. The van der Waals surface area contributed by atoms with E-state index in [4.69, 9.17) is 32.7 Å². The van der Waals surface area contributed by atoms with Crippen molar-refractivity contribution >= 4 is 50.7 Å². The zero-order chi connectivity index (χ0) is 29.6. The number of sulfonamides is 1. The normalized spacial score (nSPS) is 15.8. The van der Waals surface area contributed by atoms with Gasteiger partial charge in [0, 0.05) is 41.7 Å². The highest BCUT2D eigenvalue weighted by Gasteiger charge is 2.31. The fourth-order valence-electron chi connectivity index (χ4n) is 5.31. The SMILES string of the molecule is CC[C@H](C(=O)NC1CCCC1)N(Cc1ccc(Cl)cc1Cl)C(=O)CCCN(c1ccc2c(c1)OCCO2)S(C)(=O)=O. The van der Waals surface area contributed by atoms with E-state index >= 15 is 0 Å². The predicted molar refractivity (Wildman–Crippen MR) is 160 cm³/mol. The van der Waals surface area contributed by atoms with Crippen molar-refractivity contribution < 1.29 is 27.5 Å². The highest BCUT2D eigenvalue weighted by atomic mass is 35.5. The number of nitrogens with zero attached hydrogens (tertiary/aromatic N) is 2. The molecule has 2 amide bonds. The molecule has 1 saturated carbocycles. The second-order valence-electron chi connectivity index (χ2n) is 10.4. The van der Waals surface area contributed by atoms with Crippen LogP contribution < -0.4 is 19.1 Å². The van der Waals surface area contributed by atoms with Crippen molar-refractivity contribution in [2.75, 3.05) is 30.3 Å². The summed E-state index contributed by atoms with van der Waals surface area (Å²) in [4.78, 5) is 28.6. The van der Waals surface area contributed by atoms with Crippen LogP contribution in [0.25, 0.3) is 0 Å². The quantitative estimate of drug-likeness (QED) is 0.348. The van der Waals surface area contributed by atoms with Crippen LogP contribution in [0.2, 0.25) is 10.0 Å². The van der Waals surface area contributed by atoms with E-state index in [-0.39, 0.29) is 43.8 Å². The zero-order valence-electron chi connectivity index (χ0n) is 23.4.